The Labute approximate surface area is 252 Å². The van der Waals surface area contributed by atoms with E-state index in [-0.39, 0.29) is 11.5 Å². The zero-order valence-corrected chi connectivity index (χ0v) is 25.7. The number of aromatic nitrogens is 2. The van der Waals surface area contributed by atoms with Crippen LogP contribution in [0.1, 0.15) is 87.8 Å². The summed E-state index contributed by atoms with van der Waals surface area (Å²) in [5, 5.41) is 0. The maximum Gasteiger partial charge on any atom is 0.267 e. The van der Waals surface area contributed by atoms with Crippen molar-refractivity contribution in [3.05, 3.63) is 80.6 Å². The lowest BCUT2D eigenvalue weighted by Gasteiger charge is -2.30. The maximum atomic E-state index is 13.8. The van der Waals surface area contributed by atoms with Gasteiger partial charge in [0.25, 0.3) is 11.5 Å². The standard InChI is InChI=1S/C33H40N4O2S2/c1-2-3-4-5-6-7-8-9-10-14-21-37-32(39)28(41-33(37)40)23-27-30(34-29-18-13-15-20-36(29)31(27)38)35-22-19-25-16-11-12-17-26(25)24-35/h11-13,15-18,20,23H,2-10,14,19,21-22,24H2,1H3. The first-order valence-electron chi connectivity index (χ1n) is 15.2. The monoisotopic (exact) mass is 588 g/mol. The van der Waals surface area contributed by atoms with E-state index in [1.165, 1.54) is 74.3 Å². The Kier molecular flexibility index (Phi) is 10.3. The fraction of sp³-hybridized carbons (Fsp3) is 0.455. The molecule has 0 radical (unpaired) electrons. The minimum atomic E-state index is -0.176. The number of hydrogen-bond acceptors (Lipinski definition) is 6. The number of carbonyl (C=O) groups excluding carboxylic acids is 1. The number of rotatable bonds is 13. The van der Waals surface area contributed by atoms with Gasteiger partial charge in [0.15, 0.2) is 0 Å². The molecule has 0 N–H and O–H groups in total. The molecule has 2 aromatic heterocycles. The average Bonchev–Trinajstić information content (AvgIpc) is 3.26. The predicted octanol–water partition coefficient (Wildman–Crippen LogP) is 7.38. The minimum absolute atomic E-state index is 0.108. The van der Waals surface area contributed by atoms with E-state index in [1.807, 2.05) is 24.3 Å². The van der Waals surface area contributed by atoms with Gasteiger partial charge < -0.3 is 4.90 Å². The van der Waals surface area contributed by atoms with Gasteiger partial charge in [-0.05, 0) is 42.2 Å². The van der Waals surface area contributed by atoms with Crippen LogP contribution in [0.25, 0.3) is 11.7 Å². The number of benzene rings is 1. The van der Waals surface area contributed by atoms with Crippen LogP contribution >= 0.6 is 24.0 Å². The highest BCUT2D eigenvalue weighted by molar-refractivity contribution is 8.26. The number of thiocarbonyl (C=S) groups is 1. The number of amides is 1. The Hall–Kier alpha value is -2.97. The molecular formula is C33H40N4O2S2. The number of fused-ring (bicyclic) bond motifs is 2. The van der Waals surface area contributed by atoms with Crippen LogP contribution < -0.4 is 10.5 Å². The molecule has 1 fully saturated rings. The Balaban J connectivity index is 1.29. The SMILES string of the molecule is CCCCCCCCCCCCN1C(=O)C(=Cc2c(N3CCc4ccccc4C3)nc3ccccn3c2=O)SC1=S. The molecule has 6 nitrogen and oxygen atoms in total. The molecule has 1 amide bonds. The van der Waals surface area contributed by atoms with Crippen LogP contribution in [0.3, 0.4) is 0 Å². The summed E-state index contributed by atoms with van der Waals surface area (Å²) in [6.07, 6.45) is 16.8. The van der Waals surface area contributed by atoms with E-state index < -0.39 is 0 Å². The zero-order chi connectivity index (χ0) is 28.6. The number of carbonyl (C=O) groups is 1. The second-order valence-corrected chi connectivity index (χ2v) is 12.7. The number of pyridine rings is 1. The molecule has 4 heterocycles. The molecular weight excluding hydrogens is 549 g/mol. The molecule has 0 spiro atoms. The van der Waals surface area contributed by atoms with Gasteiger partial charge in [0.2, 0.25) is 0 Å². The van der Waals surface area contributed by atoms with Crippen molar-refractivity contribution in [2.24, 2.45) is 0 Å². The first kappa shape index (κ1) is 29.5. The molecule has 41 heavy (non-hydrogen) atoms. The van der Waals surface area contributed by atoms with E-state index >= 15 is 0 Å². The average molecular weight is 589 g/mol. The Bertz CT molecular complexity index is 1480. The van der Waals surface area contributed by atoms with Gasteiger partial charge >= 0.3 is 0 Å². The molecule has 0 unspecified atom stereocenters. The van der Waals surface area contributed by atoms with E-state index in [0.29, 0.717) is 39.3 Å². The molecule has 1 saturated heterocycles. The van der Waals surface area contributed by atoms with Crippen LogP contribution in [0.15, 0.2) is 58.4 Å². The summed E-state index contributed by atoms with van der Waals surface area (Å²) in [6.45, 7) is 4.31. The van der Waals surface area contributed by atoms with Crippen LogP contribution in [0.2, 0.25) is 0 Å². The van der Waals surface area contributed by atoms with Crippen molar-refractivity contribution >= 4 is 51.7 Å². The largest absolute Gasteiger partial charge is 0.351 e. The van der Waals surface area contributed by atoms with Crippen LogP contribution in [-0.2, 0) is 17.8 Å². The Morgan fingerprint density at radius 3 is 2.34 bits per heavy atom. The van der Waals surface area contributed by atoms with E-state index in [9.17, 15) is 9.59 Å². The van der Waals surface area contributed by atoms with Crippen molar-refractivity contribution in [3.8, 4) is 0 Å². The topological polar surface area (TPSA) is 57.9 Å². The number of thioether (sulfide) groups is 1. The van der Waals surface area contributed by atoms with Gasteiger partial charge in [0, 0.05) is 25.8 Å². The number of anilines is 1. The molecule has 0 bridgehead atoms. The normalized spacial score (nSPS) is 16.3. The molecule has 0 atom stereocenters. The fourth-order valence-corrected chi connectivity index (χ4v) is 7.01. The van der Waals surface area contributed by atoms with Gasteiger partial charge in [-0.1, -0.05) is 119 Å². The van der Waals surface area contributed by atoms with Crippen LogP contribution in [0.4, 0.5) is 5.82 Å². The second-order valence-electron chi connectivity index (χ2n) is 11.0. The second kappa shape index (κ2) is 14.3. The smallest absolute Gasteiger partial charge is 0.267 e. The molecule has 0 aliphatic carbocycles. The molecule has 2 aliphatic rings. The summed E-state index contributed by atoms with van der Waals surface area (Å²) < 4.78 is 2.12. The fourth-order valence-electron chi connectivity index (χ4n) is 5.72. The highest BCUT2D eigenvalue weighted by Gasteiger charge is 2.33. The summed E-state index contributed by atoms with van der Waals surface area (Å²) in [7, 11) is 0. The Morgan fingerprint density at radius 1 is 0.902 bits per heavy atom. The summed E-state index contributed by atoms with van der Waals surface area (Å²) in [4.78, 5) is 36.5. The molecule has 5 rings (SSSR count). The summed E-state index contributed by atoms with van der Waals surface area (Å²) in [6, 6.07) is 14.0. The lowest BCUT2D eigenvalue weighted by molar-refractivity contribution is -0.122. The summed E-state index contributed by atoms with van der Waals surface area (Å²) in [5.74, 6) is 0.513. The van der Waals surface area contributed by atoms with Crippen molar-refractivity contribution in [3.63, 3.8) is 0 Å². The van der Waals surface area contributed by atoms with Gasteiger partial charge in [-0.15, -0.1) is 0 Å². The summed E-state index contributed by atoms with van der Waals surface area (Å²) >= 11 is 6.90. The highest BCUT2D eigenvalue weighted by atomic mass is 32.2. The van der Waals surface area contributed by atoms with Gasteiger partial charge in [-0.3, -0.25) is 18.9 Å². The molecule has 1 aromatic carbocycles. The van der Waals surface area contributed by atoms with Crippen molar-refractivity contribution in [2.75, 3.05) is 18.0 Å². The molecule has 2 aliphatic heterocycles. The van der Waals surface area contributed by atoms with E-state index in [2.05, 4.69) is 30.0 Å². The molecule has 216 valence electrons. The third-order valence-corrected chi connectivity index (χ3v) is 9.44. The van der Waals surface area contributed by atoms with Gasteiger partial charge in [-0.25, -0.2) is 4.98 Å². The van der Waals surface area contributed by atoms with E-state index in [4.69, 9.17) is 17.2 Å². The van der Waals surface area contributed by atoms with E-state index in [1.54, 1.807) is 21.6 Å². The maximum absolute atomic E-state index is 13.8. The third kappa shape index (κ3) is 7.09. The first-order chi connectivity index (χ1) is 20.1. The van der Waals surface area contributed by atoms with Crippen molar-refractivity contribution in [2.45, 2.75) is 84.1 Å². The first-order valence-corrected chi connectivity index (χ1v) is 16.4. The molecule has 8 heteroatoms. The lowest BCUT2D eigenvalue weighted by Crippen LogP contribution is -2.34. The van der Waals surface area contributed by atoms with Crippen molar-refractivity contribution < 1.29 is 4.79 Å². The Morgan fingerprint density at radius 2 is 1.59 bits per heavy atom. The van der Waals surface area contributed by atoms with Crippen LogP contribution in [-0.4, -0.2) is 37.6 Å². The highest BCUT2D eigenvalue weighted by Crippen LogP contribution is 2.34. The zero-order valence-electron chi connectivity index (χ0n) is 24.0. The van der Waals surface area contributed by atoms with Crippen LogP contribution in [0, 0.1) is 0 Å². The quantitative estimate of drug-likeness (QED) is 0.118. The molecule has 0 saturated carbocycles. The number of nitrogens with zero attached hydrogens (tertiary/aromatic N) is 4. The van der Waals surface area contributed by atoms with Crippen LogP contribution in [0.5, 0.6) is 0 Å². The number of hydrogen-bond donors (Lipinski definition) is 0. The number of unbranched alkanes of at least 4 members (excludes halogenated alkanes) is 9. The molecule has 3 aromatic rings. The minimum Gasteiger partial charge on any atom is -0.351 e. The van der Waals surface area contributed by atoms with Crippen molar-refractivity contribution in [1.82, 2.24) is 14.3 Å². The predicted molar refractivity (Wildman–Crippen MR) is 174 cm³/mol. The lowest BCUT2D eigenvalue weighted by atomic mass is 9.99. The third-order valence-electron chi connectivity index (χ3n) is 8.06. The summed E-state index contributed by atoms with van der Waals surface area (Å²) in [5.41, 5.74) is 3.42. The van der Waals surface area contributed by atoms with Gasteiger partial charge in [0.05, 0.1) is 10.5 Å². The van der Waals surface area contributed by atoms with Gasteiger partial charge in [0.1, 0.15) is 15.8 Å². The van der Waals surface area contributed by atoms with E-state index in [0.717, 1.165) is 25.8 Å². The van der Waals surface area contributed by atoms with Gasteiger partial charge in [-0.2, -0.15) is 0 Å². The van der Waals surface area contributed by atoms with Crippen molar-refractivity contribution in [1.29, 1.82) is 0 Å².